The fourth-order valence-corrected chi connectivity index (χ4v) is 3.82. The van der Waals surface area contributed by atoms with E-state index in [0.717, 1.165) is 24.8 Å². The molecule has 0 spiro atoms. The second-order valence-electron chi connectivity index (χ2n) is 6.86. The van der Waals surface area contributed by atoms with Crippen molar-refractivity contribution in [2.45, 2.75) is 45.1 Å². The molecule has 2 fully saturated rings. The van der Waals surface area contributed by atoms with Crippen LogP contribution in [0.25, 0.3) is 0 Å². The highest BCUT2D eigenvalue weighted by atomic mass is 16.5. The van der Waals surface area contributed by atoms with Crippen molar-refractivity contribution in [3.05, 3.63) is 29.8 Å². The molecule has 0 amide bonds. The van der Waals surface area contributed by atoms with Crippen LogP contribution in [0.1, 0.15) is 37.7 Å². The van der Waals surface area contributed by atoms with Gasteiger partial charge in [-0.3, -0.25) is 4.90 Å². The number of aryl methyl sites for hydroxylation is 1. The zero-order chi connectivity index (χ0) is 15.2. The van der Waals surface area contributed by atoms with E-state index in [4.69, 9.17) is 4.74 Å². The monoisotopic (exact) mass is 302 g/mol. The van der Waals surface area contributed by atoms with Gasteiger partial charge in [0.1, 0.15) is 5.75 Å². The molecule has 1 aromatic carbocycles. The van der Waals surface area contributed by atoms with Gasteiger partial charge >= 0.3 is 0 Å². The van der Waals surface area contributed by atoms with Crippen LogP contribution in [0.3, 0.4) is 0 Å². The summed E-state index contributed by atoms with van der Waals surface area (Å²) in [7, 11) is 0. The van der Waals surface area contributed by atoms with Gasteiger partial charge in [-0.2, -0.15) is 0 Å². The zero-order valence-electron chi connectivity index (χ0n) is 14.0. The molecule has 0 saturated carbocycles. The maximum Gasteiger partial charge on any atom is 0.119 e. The summed E-state index contributed by atoms with van der Waals surface area (Å²) in [4.78, 5) is 5.35. The summed E-state index contributed by atoms with van der Waals surface area (Å²) in [6.45, 7) is 9.34. The van der Waals surface area contributed by atoms with Crippen molar-refractivity contribution in [3.8, 4) is 5.75 Å². The second-order valence-corrected chi connectivity index (χ2v) is 6.86. The number of likely N-dealkylation sites (tertiary alicyclic amines) is 2. The number of ether oxygens (including phenoxy) is 1. The highest BCUT2D eigenvalue weighted by Gasteiger charge is 2.26. The molecule has 3 nitrogen and oxygen atoms in total. The van der Waals surface area contributed by atoms with Crippen LogP contribution in [-0.2, 0) is 0 Å². The first-order chi connectivity index (χ1) is 10.8. The van der Waals surface area contributed by atoms with Crippen LogP contribution >= 0.6 is 0 Å². The Bertz CT molecular complexity index is 457. The Hall–Kier alpha value is -1.06. The fourth-order valence-electron chi connectivity index (χ4n) is 3.82. The standard InChI is InChI=1S/C19H30N2O/c1-17-7-4-9-19(15-17)22-14-6-13-21-12-5-8-18(21)16-20-10-2-3-11-20/h4,7,9,15,18H,2-3,5-6,8,10-14,16H2,1H3/t18-/m1/s1. The highest BCUT2D eigenvalue weighted by molar-refractivity contribution is 5.27. The Morgan fingerprint density at radius 3 is 2.82 bits per heavy atom. The van der Waals surface area contributed by atoms with E-state index >= 15 is 0 Å². The summed E-state index contributed by atoms with van der Waals surface area (Å²) < 4.78 is 5.88. The quantitative estimate of drug-likeness (QED) is 0.719. The molecule has 0 radical (unpaired) electrons. The molecular weight excluding hydrogens is 272 g/mol. The third-order valence-corrected chi connectivity index (χ3v) is 5.01. The van der Waals surface area contributed by atoms with Gasteiger partial charge in [0.25, 0.3) is 0 Å². The van der Waals surface area contributed by atoms with Crippen molar-refractivity contribution in [2.75, 3.05) is 39.3 Å². The third kappa shape index (κ3) is 4.47. The Morgan fingerprint density at radius 1 is 1.14 bits per heavy atom. The average molecular weight is 302 g/mol. The van der Waals surface area contributed by atoms with E-state index in [0.29, 0.717) is 0 Å². The summed E-state index contributed by atoms with van der Waals surface area (Å²) in [5, 5.41) is 0. The minimum Gasteiger partial charge on any atom is -0.494 e. The molecule has 0 aromatic heterocycles. The average Bonchev–Trinajstić information content (AvgIpc) is 3.16. The van der Waals surface area contributed by atoms with E-state index < -0.39 is 0 Å². The van der Waals surface area contributed by atoms with Crippen LogP contribution in [0.2, 0.25) is 0 Å². The van der Waals surface area contributed by atoms with Crippen LogP contribution < -0.4 is 4.74 Å². The third-order valence-electron chi connectivity index (χ3n) is 5.01. The highest BCUT2D eigenvalue weighted by Crippen LogP contribution is 2.20. The number of rotatable bonds is 7. The Labute approximate surface area is 135 Å². The van der Waals surface area contributed by atoms with E-state index in [1.54, 1.807) is 0 Å². The lowest BCUT2D eigenvalue weighted by atomic mass is 10.2. The maximum atomic E-state index is 5.88. The predicted molar refractivity (Wildman–Crippen MR) is 91.6 cm³/mol. The SMILES string of the molecule is Cc1cccc(OCCCN2CCC[C@@H]2CN2CCCC2)c1. The molecule has 22 heavy (non-hydrogen) atoms. The molecule has 2 aliphatic heterocycles. The molecule has 2 heterocycles. The van der Waals surface area contributed by atoms with E-state index in [-0.39, 0.29) is 0 Å². The van der Waals surface area contributed by atoms with Gasteiger partial charge in [-0.1, -0.05) is 12.1 Å². The first kappa shape index (κ1) is 15.8. The molecule has 2 aliphatic rings. The maximum absolute atomic E-state index is 5.88. The largest absolute Gasteiger partial charge is 0.494 e. The lowest BCUT2D eigenvalue weighted by Crippen LogP contribution is -2.40. The zero-order valence-corrected chi connectivity index (χ0v) is 14.0. The van der Waals surface area contributed by atoms with Crippen molar-refractivity contribution in [1.29, 1.82) is 0 Å². The molecule has 0 aliphatic carbocycles. The number of hydrogen-bond acceptors (Lipinski definition) is 3. The molecule has 0 unspecified atom stereocenters. The van der Waals surface area contributed by atoms with E-state index in [2.05, 4.69) is 41.0 Å². The number of hydrogen-bond donors (Lipinski definition) is 0. The summed E-state index contributed by atoms with van der Waals surface area (Å²) in [6.07, 6.45) is 6.69. The van der Waals surface area contributed by atoms with E-state index in [1.165, 1.54) is 64.0 Å². The molecule has 2 saturated heterocycles. The van der Waals surface area contributed by atoms with Crippen LogP contribution in [0.5, 0.6) is 5.75 Å². The molecule has 1 atom stereocenters. The van der Waals surface area contributed by atoms with Gasteiger partial charge in [0.2, 0.25) is 0 Å². The lowest BCUT2D eigenvalue weighted by Gasteiger charge is -2.28. The van der Waals surface area contributed by atoms with Gasteiger partial charge in [0.05, 0.1) is 6.61 Å². The van der Waals surface area contributed by atoms with Crippen LogP contribution in [0.4, 0.5) is 0 Å². The van der Waals surface area contributed by atoms with Gasteiger partial charge in [-0.15, -0.1) is 0 Å². The molecule has 0 N–H and O–H groups in total. The fraction of sp³-hybridized carbons (Fsp3) is 0.684. The molecule has 1 aromatic rings. The van der Waals surface area contributed by atoms with Gasteiger partial charge in [0.15, 0.2) is 0 Å². The Balaban J connectivity index is 1.37. The summed E-state index contributed by atoms with van der Waals surface area (Å²) in [5.41, 5.74) is 1.27. The Kier molecular flexibility index (Phi) is 5.74. The first-order valence-corrected chi connectivity index (χ1v) is 8.97. The van der Waals surface area contributed by atoms with Crippen molar-refractivity contribution >= 4 is 0 Å². The van der Waals surface area contributed by atoms with Crippen LogP contribution in [-0.4, -0.2) is 55.2 Å². The summed E-state index contributed by atoms with van der Waals surface area (Å²) in [5.74, 6) is 1.01. The number of nitrogens with zero attached hydrogens (tertiary/aromatic N) is 2. The predicted octanol–water partition coefficient (Wildman–Crippen LogP) is 3.32. The Morgan fingerprint density at radius 2 is 2.00 bits per heavy atom. The normalized spacial score (nSPS) is 23.2. The second kappa shape index (κ2) is 7.98. The van der Waals surface area contributed by atoms with Crippen LogP contribution in [0, 0.1) is 6.92 Å². The van der Waals surface area contributed by atoms with Crippen molar-refractivity contribution in [3.63, 3.8) is 0 Å². The molecule has 3 rings (SSSR count). The molecular formula is C19H30N2O. The van der Waals surface area contributed by atoms with Gasteiger partial charge < -0.3 is 9.64 Å². The van der Waals surface area contributed by atoms with E-state index in [1.807, 2.05) is 0 Å². The van der Waals surface area contributed by atoms with Crippen molar-refractivity contribution in [2.24, 2.45) is 0 Å². The topological polar surface area (TPSA) is 15.7 Å². The van der Waals surface area contributed by atoms with Gasteiger partial charge in [0, 0.05) is 19.1 Å². The molecule has 122 valence electrons. The summed E-state index contributed by atoms with van der Waals surface area (Å²) in [6, 6.07) is 9.14. The molecule has 3 heteroatoms. The minimum absolute atomic E-state index is 0.789. The first-order valence-electron chi connectivity index (χ1n) is 8.97. The number of benzene rings is 1. The van der Waals surface area contributed by atoms with Crippen molar-refractivity contribution in [1.82, 2.24) is 9.80 Å². The van der Waals surface area contributed by atoms with Gasteiger partial charge in [-0.25, -0.2) is 0 Å². The minimum atomic E-state index is 0.789. The summed E-state index contributed by atoms with van der Waals surface area (Å²) >= 11 is 0. The molecule has 0 bridgehead atoms. The van der Waals surface area contributed by atoms with Crippen LogP contribution in [0.15, 0.2) is 24.3 Å². The smallest absolute Gasteiger partial charge is 0.119 e. The van der Waals surface area contributed by atoms with Crippen molar-refractivity contribution < 1.29 is 4.74 Å². The van der Waals surface area contributed by atoms with E-state index in [9.17, 15) is 0 Å². The van der Waals surface area contributed by atoms with Gasteiger partial charge in [-0.05, 0) is 76.4 Å². The lowest BCUT2D eigenvalue weighted by molar-refractivity contribution is 0.178.